The summed E-state index contributed by atoms with van der Waals surface area (Å²) in [4.78, 5) is 31.8. The molecular formula is C40H31F3N6O7S. The third-order valence-corrected chi connectivity index (χ3v) is 9.51. The highest BCUT2D eigenvalue weighted by atomic mass is 32.1. The first-order valence-corrected chi connectivity index (χ1v) is 17.9. The minimum absolute atomic E-state index is 0.186. The van der Waals surface area contributed by atoms with E-state index in [1.807, 2.05) is 45.0 Å². The normalized spacial score (nSPS) is 11.3. The summed E-state index contributed by atoms with van der Waals surface area (Å²) in [5, 5.41) is 12.6. The lowest BCUT2D eigenvalue weighted by Gasteiger charge is -2.06. The van der Waals surface area contributed by atoms with Crippen LogP contribution < -0.4 is 21.0 Å². The SMILES string of the molecule is Cc1cccc(-c2nc(C)c(COc3ccc(-c4n[nH]c(=O)o4)cc3)o2)c1.Cc1nc(-c2ccc(C(F)(F)F)cc2)sc1COc1ccc(-c2n[nH]c(=O)o2)cc1. The van der Waals surface area contributed by atoms with Gasteiger partial charge in [0.15, 0.2) is 5.76 Å². The van der Waals surface area contributed by atoms with Gasteiger partial charge in [-0.3, -0.25) is 0 Å². The number of H-pyrrole nitrogens is 2. The minimum Gasteiger partial charge on any atom is -0.488 e. The van der Waals surface area contributed by atoms with Crippen molar-refractivity contribution in [1.82, 2.24) is 30.4 Å². The number of thiazole rings is 1. The van der Waals surface area contributed by atoms with E-state index in [0.29, 0.717) is 44.8 Å². The van der Waals surface area contributed by atoms with E-state index in [0.717, 1.165) is 39.5 Å². The topological polar surface area (TPSA) is 175 Å². The minimum atomic E-state index is -4.37. The number of halogens is 3. The Morgan fingerprint density at radius 3 is 1.72 bits per heavy atom. The highest BCUT2D eigenvalue weighted by Gasteiger charge is 2.30. The molecule has 2 N–H and O–H groups in total. The van der Waals surface area contributed by atoms with Crippen molar-refractivity contribution in [3.05, 3.63) is 151 Å². The number of rotatable bonds is 10. The number of aromatic nitrogens is 6. The molecular weight excluding hydrogens is 766 g/mol. The molecule has 13 nitrogen and oxygen atoms in total. The van der Waals surface area contributed by atoms with Gasteiger partial charge >= 0.3 is 17.7 Å². The van der Waals surface area contributed by atoms with Gasteiger partial charge in [0.05, 0.1) is 21.8 Å². The number of hydrogen-bond acceptors (Lipinski definition) is 12. The van der Waals surface area contributed by atoms with Gasteiger partial charge in [-0.2, -0.15) is 13.2 Å². The largest absolute Gasteiger partial charge is 0.488 e. The first kappa shape index (κ1) is 38.3. The third kappa shape index (κ3) is 9.45. The third-order valence-electron chi connectivity index (χ3n) is 8.33. The van der Waals surface area contributed by atoms with E-state index in [9.17, 15) is 22.8 Å². The van der Waals surface area contributed by atoms with Crippen LogP contribution in [-0.2, 0) is 19.4 Å². The lowest BCUT2D eigenvalue weighted by Crippen LogP contribution is -2.03. The van der Waals surface area contributed by atoms with Crippen LogP contribution >= 0.6 is 11.3 Å². The fourth-order valence-electron chi connectivity index (χ4n) is 5.34. The van der Waals surface area contributed by atoms with Gasteiger partial charge < -0.3 is 22.7 Å². The number of aromatic amines is 2. The van der Waals surface area contributed by atoms with Gasteiger partial charge in [-0.1, -0.05) is 29.8 Å². The van der Waals surface area contributed by atoms with Crippen molar-refractivity contribution in [2.45, 2.75) is 40.2 Å². The van der Waals surface area contributed by atoms with Gasteiger partial charge in [-0.25, -0.2) is 29.8 Å². The summed E-state index contributed by atoms with van der Waals surface area (Å²) in [6.45, 7) is 6.28. The van der Waals surface area contributed by atoms with E-state index in [1.165, 1.54) is 23.5 Å². The second-order valence-corrected chi connectivity index (χ2v) is 13.5. The quantitative estimate of drug-likeness (QED) is 0.135. The molecule has 17 heteroatoms. The molecule has 0 radical (unpaired) electrons. The molecule has 0 spiro atoms. The highest BCUT2D eigenvalue weighted by molar-refractivity contribution is 7.15. The second-order valence-electron chi connectivity index (χ2n) is 12.5. The number of alkyl halides is 3. The Morgan fingerprint density at radius 2 is 1.19 bits per heavy atom. The van der Waals surface area contributed by atoms with Crippen LogP contribution in [0, 0.1) is 20.8 Å². The summed E-state index contributed by atoms with van der Waals surface area (Å²) >= 11 is 1.37. The molecule has 8 aromatic rings. The van der Waals surface area contributed by atoms with E-state index < -0.39 is 23.3 Å². The number of hydrogen-bond donors (Lipinski definition) is 2. The number of oxazole rings is 1. The van der Waals surface area contributed by atoms with Gasteiger partial charge in [0.2, 0.25) is 17.7 Å². The smallest absolute Gasteiger partial charge is 0.434 e. The van der Waals surface area contributed by atoms with Gasteiger partial charge in [0, 0.05) is 22.3 Å². The molecule has 0 aliphatic heterocycles. The van der Waals surface area contributed by atoms with Gasteiger partial charge in [0.1, 0.15) is 29.7 Å². The maximum atomic E-state index is 12.7. The van der Waals surface area contributed by atoms with Crippen molar-refractivity contribution < 1.29 is 35.9 Å². The molecule has 0 fully saturated rings. The summed E-state index contributed by atoms with van der Waals surface area (Å²) < 4.78 is 65.4. The number of benzene rings is 4. The summed E-state index contributed by atoms with van der Waals surface area (Å²) in [6, 6.07) is 26.9. The molecule has 0 unspecified atom stereocenters. The molecule has 8 rings (SSSR count). The monoisotopic (exact) mass is 796 g/mol. The van der Waals surface area contributed by atoms with Crippen LogP contribution in [0.15, 0.2) is 120 Å². The summed E-state index contributed by atoms with van der Waals surface area (Å²) in [6.07, 6.45) is -4.37. The van der Waals surface area contributed by atoms with Crippen LogP contribution in [0.3, 0.4) is 0 Å². The summed E-state index contributed by atoms with van der Waals surface area (Å²) in [7, 11) is 0. The molecule has 0 amide bonds. The maximum Gasteiger partial charge on any atom is 0.434 e. The number of ether oxygens (including phenoxy) is 2. The molecule has 0 aliphatic carbocycles. The van der Waals surface area contributed by atoms with Crippen molar-refractivity contribution in [3.63, 3.8) is 0 Å². The Labute approximate surface area is 324 Å². The first-order valence-electron chi connectivity index (χ1n) is 17.1. The van der Waals surface area contributed by atoms with Crippen molar-refractivity contribution >= 4 is 11.3 Å². The molecule has 0 aliphatic rings. The molecule has 57 heavy (non-hydrogen) atoms. The zero-order valence-electron chi connectivity index (χ0n) is 30.3. The predicted octanol–water partition coefficient (Wildman–Crippen LogP) is 8.94. The predicted molar refractivity (Wildman–Crippen MR) is 202 cm³/mol. The molecule has 4 aromatic heterocycles. The lowest BCUT2D eigenvalue weighted by atomic mass is 10.1. The Bertz CT molecular complexity index is 2710. The van der Waals surface area contributed by atoms with Gasteiger partial charge in [-0.15, -0.1) is 21.5 Å². The van der Waals surface area contributed by atoms with Crippen LogP contribution in [0.5, 0.6) is 11.5 Å². The Kier molecular flexibility index (Phi) is 11.0. The molecule has 0 saturated heterocycles. The Balaban J connectivity index is 0.000000175. The fourth-order valence-corrected chi connectivity index (χ4v) is 6.32. The van der Waals surface area contributed by atoms with Crippen LogP contribution in [-0.4, -0.2) is 30.4 Å². The zero-order valence-corrected chi connectivity index (χ0v) is 31.2. The van der Waals surface area contributed by atoms with Crippen molar-refractivity contribution in [1.29, 1.82) is 0 Å². The van der Waals surface area contributed by atoms with Crippen LogP contribution in [0.2, 0.25) is 0 Å². The maximum absolute atomic E-state index is 12.7. The van der Waals surface area contributed by atoms with Crippen molar-refractivity contribution in [2.24, 2.45) is 0 Å². The number of nitrogens with one attached hydrogen (secondary N) is 2. The van der Waals surface area contributed by atoms with Crippen LogP contribution in [0.4, 0.5) is 13.2 Å². The van der Waals surface area contributed by atoms with Crippen LogP contribution in [0.1, 0.15) is 33.2 Å². The molecule has 0 atom stereocenters. The van der Waals surface area contributed by atoms with Gasteiger partial charge in [0.25, 0.3) is 0 Å². The average molecular weight is 797 g/mol. The standard InChI is InChI=1S/C20H14F3N3O3S.C20H17N3O4/c1-11-16(30-18(24-11)13-2-6-14(7-3-13)20(21,22)23)10-28-15-8-4-12(5-9-15)17-25-26-19(27)29-17;1-12-4-3-5-15(10-12)18-21-13(2)17(26-18)11-25-16-8-6-14(7-9-16)19-22-23-20(24)27-19/h2-9H,10H2,1H3,(H,26,27);3-10H,11H2,1-2H3,(H,23,24). The number of aryl methyl sites for hydroxylation is 3. The fraction of sp³-hybridized carbons (Fsp3) is 0.150. The van der Waals surface area contributed by atoms with Crippen molar-refractivity contribution in [3.8, 4) is 56.4 Å². The van der Waals surface area contributed by atoms with E-state index >= 15 is 0 Å². The van der Waals surface area contributed by atoms with Crippen molar-refractivity contribution in [2.75, 3.05) is 0 Å². The molecule has 0 bridgehead atoms. The zero-order chi connectivity index (χ0) is 40.1. The Morgan fingerprint density at radius 1 is 0.632 bits per heavy atom. The highest BCUT2D eigenvalue weighted by Crippen LogP contribution is 2.34. The van der Waals surface area contributed by atoms with E-state index in [1.54, 1.807) is 48.5 Å². The summed E-state index contributed by atoms with van der Waals surface area (Å²) in [5.74, 6) is 1.72. The molecule has 290 valence electrons. The first-order chi connectivity index (χ1) is 27.4. The lowest BCUT2D eigenvalue weighted by molar-refractivity contribution is -0.137. The van der Waals surface area contributed by atoms with E-state index in [4.69, 9.17) is 22.7 Å². The average Bonchev–Trinajstić information content (AvgIpc) is 4.01. The molecule has 0 saturated carbocycles. The number of nitrogens with zero attached hydrogens (tertiary/aromatic N) is 4. The van der Waals surface area contributed by atoms with E-state index in [2.05, 4.69) is 30.4 Å². The van der Waals surface area contributed by atoms with Gasteiger partial charge in [-0.05, 0) is 93.6 Å². The summed E-state index contributed by atoms with van der Waals surface area (Å²) in [5.41, 5.74) is 4.86. The molecule has 4 heterocycles. The van der Waals surface area contributed by atoms with E-state index in [-0.39, 0.29) is 25.0 Å². The Hall–Kier alpha value is -7.01. The second kappa shape index (κ2) is 16.4. The van der Waals surface area contributed by atoms with Crippen LogP contribution in [0.25, 0.3) is 44.9 Å². The molecule has 4 aromatic carbocycles.